The topological polar surface area (TPSA) is 90.4 Å². The second kappa shape index (κ2) is 7.67. The van der Waals surface area contributed by atoms with Crippen molar-refractivity contribution in [3.63, 3.8) is 0 Å². The van der Waals surface area contributed by atoms with Gasteiger partial charge in [0, 0.05) is 12.2 Å². The molecule has 0 radical (unpaired) electrons. The molecule has 0 saturated carbocycles. The molecule has 1 amide bonds. The summed E-state index contributed by atoms with van der Waals surface area (Å²) in [4.78, 5) is 38.4. The molecule has 9 heteroatoms. The summed E-state index contributed by atoms with van der Waals surface area (Å²) in [6, 6.07) is 9.15. The predicted molar refractivity (Wildman–Crippen MR) is 114 cm³/mol. The number of unbranched alkanes of at least 4 members (excludes halogenated alkanes) is 1. The van der Waals surface area contributed by atoms with Crippen molar-refractivity contribution in [1.82, 2.24) is 18.7 Å². The Bertz CT molecular complexity index is 1330. The summed E-state index contributed by atoms with van der Waals surface area (Å²) in [6.07, 6.45) is 1.70. The maximum atomic E-state index is 13.0. The predicted octanol–water partition coefficient (Wildman–Crippen LogP) is 2.62. The number of carbonyl (C=O) groups is 1. The van der Waals surface area contributed by atoms with Crippen molar-refractivity contribution in [2.75, 3.05) is 5.32 Å². The molecule has 0 bridgehead atoms. The fourth-order valence-corrected chi connectivity index (χ4v) is 4.12. The van der Waals surface area contributed by atoms with Crippen molar-refractivity contribution < 1.29 is 4.79 Å². The van der Waals surface area contributed by atoms with E-state index >= 15 is 0 Å². The summed E-state index contributed by atoms with van der Waals surface area (Å²) >= 11 is 1.30. The molecule has 8 nitrogen and oxygen atoms in total. The minimum absolute atomic E-state index is 0.155. The van der Waals surface area contributed by atoms with E-state index in [1.165, 1.54) is 20.3 Å². The van der Waals surface area contributed by atoms with Gasteiger partial charge in [0.1, 0.15) is 11.2 Å². The molecule has 0 spiro atoms. The van der Waals surface area contributed by atoms with E-state index < -0.39 is 5.69 Å². The molecule has 0 unspecified atom stereocenters. The second-order valence-electron chi connectivity index (χ2n) is 6.88. The molecule has 29 heavy (non-hydrogen) atoms. The Morgan fingerprint density at radius 1 is 1.21 bits per heavy atom. The summed E-state index contributed by atoms with van der Waals surface area (Å²) in [5, 5.41) is 8.92. The molecule has 0 aliphatic heterocycles. The molecule has 4 aromatic rings. The van der Waals surface area contributed by atoms with Gasteiger partial charge >= 0.3 is 5.69 Å². The van der Waals surface area contributed by atoms with Gasteiger partial charge < -0.3 is 5.32 Å². The van der Waals surface area contributed by atoms with Gasteiger partial charge in [-0.3, -0.25) is 14.2 Å². The van der Waals surface area contributed by atoms with E-state index in [2.05, 4.69) is 10.4 Å². The number of hydrogen-bond donors (Lipinski definition) is 1. The normalized spacial score (nSPS) is 11.4. The first-order chi connectivity index (χ1) is 14.0. The Morgan fingerprint density at radius 3 is 2.76 bits per heavy atom. The third-order valence-corrected chi connectivity index (χ3v) is 5.73. The highest BCUT2D eigenvalue weighted by molar-refractivity contribution is 7.17. The van der Waals surface area contributed by atoms with E-state index in [4.69, 9.17) is 0 Å². The average Bonchev–Trinajstić information content (AvgIpc) is 3.29. The number of anilines is 1. The number of benzene rings is 1. The molecule has 3 aromatic heterocycles. The van der Waals surface area contributed by atoms with Crippen LogP contribution in [0.5, 0.6) is 0 Å². The maximum absolute atomic E-state index is 13.0. The van der Waals surface area contributed by atoms with Crippen LogP contribution < -0.4 is 16.6 Å². The molecule has 4 rings (SSSR count). The molecule has 0 fully saturated rings. The number of thiophene rings is 1. The molecule has 0 aliphatic carbocycles. The number of nitrogens with one attached hydrogen (secondary N) is 1. The van der Waals surface area contributed by atoms with Crippen LogP contribution >= 0.6 is 11.3 Å². The minimum Gasteiger partial charge on any atom is -0.324 e. The van der Waals surface area contributed by atoms with Crippen LogP contribution in [-0.2, 0) is 17.9 Å². The van der Waals surface area contributed by atoms with Crippen LogP contribution in [0.2, 0.25) is 0 Å². The highest BCUT2D eigenvalue weighted by atomic mass is 32.1. The fraction of sp³-hybridized carbons (Fsp3) is 0.300. The van der Waals surface area contributed by atoms with Crippen LogP contribution in [0.3, 0.4) is 0 Å². The van der Waals surface area contributed by atoms with Crippen molar-refractivity contribution in [2.24, 2.45) is 0 Å². The van der Waals surface area contributed by atoms with E-state index in [0.717, 1.165) is 23.1 Å². The van der Waals surface area contributed by atoms with Crippen LogP contribution in [0, 0.1) is 6.92 Å². The van der Waals surface area contributed by atoms with E-state index in [1.807, 2.05) is 32.0 Å². The molecular formula is C20H21N5O3S. The highest BCUT2D eigenvalue weighted by Gasteiger charge is 2.19. The molecule has 0 atom stereocenters. The van der Waals surface area contributed by atoms with E-state index in [0.29, 0.717) is 22.4 Å². The number of rotatable bonds is 6. The zero-order valence-electron chi connectivity index (χ0n) is 16.2. The molecule has 3 heterocycles. The van der Waals surface area contributed by atoms with Gasteiger partial charge in [0.05, 0.1) is 5.52 Å². The largest absolute Gasteiger partial charge is 0.352 e. The monoisotopic (exact) mass is 411 g/mol. The Balaban J connectivity index is 1.77. The lowest BCUT2D eigenvalue weighted by atomic mass is 10.2. The highest BCUT2D eigenvalue weighted by Crippen LogP contribution is 2.17. The third kappa shape index (κ3) is 3.38. The standard InChI is InChI=1S/C20H21N5O3S/c1-3-4-10-23-18(27)17-15(9-11-29-17)25-19(23)22-24(20(25)28)12-16(26)21-14-8-6-5-7-13(14)2/h5-9,11H,3-4,10,12H2,1-2H3,(H,21,26). The summed E-state index contributed by atoms with van der Waals surface area (Å²) in [5.41, 5.74) is 1.55. The van der Waals surface area contributed by atoms with Gasteiger partial charge in [0.2, 0.25) is 11.7 Å². The molecule has 0 aliphatic rings. The SMILES string of the molecule is CCCCn1c(=O)c2sccc2n2c(=O)n(CC(=O)Nc3ccccc3C)nc12. The molecular weight excluding hydrogens is 390 g/mol. The number of nitrogens with zero attached hydrogens (tertiary/aromatic N) is 4. The smallest absolute Gasteiger partial charge is 0.324 e. The second-order valence-corrected chi connectivity index (χ2v) is 7.80. The molecule has 1 aromatic carbocycles. The number of hydrogen-bond acceptors (Lipinski definition) is 5. The van der Waals surface area contributed by atoms with Gasteiger partial charge in [-0.05, 0) is 36.4 Å². The molecule has 150 valence electrons. The van der Waals surface area contributed by atoms with Crippen molar-refractivity contribution in [2.45, 2.75) is 39.8 Å². The zero-order chi connectivity index (χ0) is 20.5. The van der Waals surface area contributed by atoms with Gasteiger partial charge in [-0.2, -0.15) is 0 Å². The van der Waals surface area contributed by atoms with Crippen LogP contribution in [0.4, 0.5) is 5.69 Å². The minimum atomic E-state index is -0.436. The van der Waals surface area contributed by atoms with Crippen LogP contribution in [-0.4, -0.2) is 24.7 Å². The number of amides is 1. The van der Waals surface area contributed by atoms with Crippen LogP contribution in [0.15, 0.2) is 45.3 Å². The summed E-state index contributed by atoms with van der Waals surface area (Å²) in [7, 11) is 0. The first kappa shape index (κ1) is 19.1. The van der Waals surface area contributed by atoms with E-state index in [-0.39, 0.29) is 23.8 Å². The zero-order valence-corrected chi connectivity index (χ0v) is 17.0. The number of para-hydroxylation sites is 1. The number of carbonyl (C=O) groups excluding carboxylic acids is 1. The van der Waals surface area contributed by atoms with Gasteiger partial charge in [-0.15, -0.1) is 16.4 Å². The van der Waals surface area contributed by atoms with Gasteiger partial charge in [0.25, 0.3) is 5.56 Å². The van der Waals surface area contributed by atoms with Crippen LogP contribution in [0.25, 0.3) is 16.0 Å². The lowest BCUT2D eigenvalue weighted by molar-refractivity contribution is -0.117. The number of aromatic nitrogens is 4. The summed E-state index contributed by atoms with van der Waals surface area (Å²) in [6.45, 7) is 4.17. The molecule has 1 N–H and O–H groups in total. The number of aryl methyl sites for hydroxylation is 2. The average molecular weight is 411 g/mol. The summed E-state index contributed by atoms with van der Waals surface area (Å²) in [5.74, 6) is -0.0862. The third-order valence-electron chi connectivity index (χ3n) is 4.84. The van der Waals surface area contributed by atoms with Crippen LogP contribution in [0.1, 0.15) is 25.3 Å². The summed E-state index contributed by atoms with van der Waals surface area (Å²) < 4.78 is 4.57. The lowest BCUT2D eigenvalue weighted by Crippen LogP contribution is -2.29. The quantitative estimate of drug-likeness (QED) is 0.528. The Kier molecular flexibility index (Phi) is 5.06. The van der Waals surface area contributed by atoms with Crippen molar-refractivity contribution in [1.29, 1.82) is 0 Å². The van der Waals surface area contributed by atoms with Crippen molar-refractivity contribution >= 4 is 38.9 Å². The van der Waals surface area contributed by atoms with Gasteiger partial charge in [0.15, 0.2) is 0 Å². The first-order valence-electron chi connectivity index (χ1n) is 9.46. The lowest BCUT2D eigenvalue weighted by Gasteiger charge is -2.07. The molecule has 0 saturated heterocycles. The maximum Gasteiger partial charge on any atom is 0.352 e. The van der Waals surface area contributed by atoms with Gasteiger partial charge in [-0.1, -0.05) is 31.5 Å². The van der Waals surface area contributed by atoms with Gasteiger partial charge in [-0.25, -0.2) is 13.9 Å². The Hall–Kier alpha value is -3.20. The Labute approximate surface area is 170 Å². The Morgan fingerprint density at radius 2 is 2.00 bits per heavy atom. The fourth-order valence-electron chi connectivity index (χ4n) is 3.29. The first-order valence-corrected chi connectivity index (χ1v) is 10.3. The van der Waals surface area contributed by atoms with Crippen molar-refractivity contribution in [3.8, 4) is 0 Å². The number of fused-ring (bicyclic) bond motifs is 3. The van der Waals surface area contributed by atoms with E-state index in [1.54, 1.807) is 17.5 Å². The van der Waals surface area contributed by atoms with E-state index in [9.17, 15) is 14.4 Å². The van der Waals surface area contributed by atoms with Crippen molar-refractivity contribution in [3.05, 3.63) is 62.1 Å².